The standard InChI is InChI=1S/C11H11IN2OS/c1-16-11-13-6-7-14(11)10(15)8-4-2-3-5-9(8)12/h2-5H,6-7H2,1H3. The van der Waals surface area contributed by atoms with Gasteiger partial charge in [0.1, 0.15) is 0 Å². The lowest BCUT2D eigenvalue weighted by atomic mass is 10.2. The topological polar surface area (TPSA) is 32.7 Å². The van der Waals surface area contributed by atoms with Crippen LogP contribution in [0.3, 0.4) is 0 Å². The highest BCUT2D eigenvalue weighted by atomic mass is 127. The molecular weight excluding hydrogens is 335 g/mol. The molecule has 16 heavy (non-hydrogen) atoms. The van der Waals surface area contributed by atoms with Crippen molar-refractivity contribution < 1.29 is 4.79 Å². The number of amides is 1. The van der Waals surface area contributed by atoms with Crippen LogP contribution in [0.2, 0.25) is 0 Å². The van der Waals surface area contributed by atoms with Crippen molar-refractivity contribution in [2.45, 2.75) is 0 Å². The Hall–Kier alpha value is -0.560. The number of aliphatic imine (C=N–C) groups is 1. The van der Waals surface area contributed by atoms with Gasteiger partial charge in [-0.15, -0.1) is 0 Å². The van der Waals surface area contributed by atoms with E-state index in [9.17, 15) is 4.79 Å². The Balaban J connectivity index is 2.27. The van der Waals surface area contributed by atoms with E-state index in [1.165, 1.54) is 11.8 Å². The molecule has 0 fully saturated rings. The summed E-state index contributed by atoms with van der Waals surface area (Å²) in [7, 11) is 0. The van der Waals surface area contributed by atoms with Crippen LogP contribution in [0, 0.1) is 3.57 Å². The van der Waals surface area contributed by atoms with Gasteiger partial charge in [-0.25, -0.2) is 0 Å². The minimum absolute atomic E-state index is 0.0515. The third kappa shape index (κ3) is 2.24. The van der Waals surface area contributed by atoms with E-state index in [4.69, 9.17) is 0 Å². The Bertz CT molecular complexity index is 447. The molecule has 0 N–H and O–H groups in total. The summed E-state index contributed by atoms with van der Waals surface area (Å²) in [6.45, 7) is 1.41. The molecule has 1 heterocycles. The molecule has 2 rings (SSSR count). The first-order chi connectivity index (χ1) is 7.74. The Morgan fingerprint density at radius 2 is 2.25 bits per heavy atom. The van der Waals surface area contributed by atoms with Crippen LogP contribution in [-0.4, -0.2) is 35.3 Å². The molecule has 3 nitrogen and oxygen atoms in total. The van der Waals surface area contributed by atoms with Crippen molar-refractivity contribution >= 4 is 45.4 Å². The van der Waals surface area contributed by atoms with Crippen LogP contribution >= 0.6 is 34.4 Å². The summed E-state index contributed by atoms with van der Waals surface area (Å²) in [6.07, 6.45) is 1.94. The predicted molar refractivity (Wildman–Crippen MR) is 76.0 cm³/mol. The fourth-order valence-electron chi connectivity index (χ4n) is 1.57. The zero-order valence-corrected chi connectivity index (χ0v) is 11.8. The van der Waals surface area contributed by atoms with Crippen LogP contribution in [-0.2, 0) is 0 Å². The van der Waals surface area contributed by atoms with E-state index in [0.717, 1.165) is 14.3 Å². The second-order valence-electron chi connectivity index (χ2n) is 3.31. The number of hydrogen-bond donors (Lipinski definition) is 0. The Kier molecular flexibility index (Phi) is 3.86. The minimum Gasteiger partial charge on any atom is -0.286 e. The van der Waals surface area contributed by atoms with Crippen LogP contribution < -0.4 is 0 Å². The summed E-state index contributed by atoms with van der Waals surface area (Å²) < 4.78 is 0.984. The molecule has 0 atom stereocenters. The molecule has 1 aromatic rings. The third-order valence-corrected chi connectivity index (χ3v) is 3.99. The van der Waals surface area contributed by atoms with E-state index in [2.05, 4.69) is 27.6 Å². The molecule has 0 saturated carbocycles. The molecular formula is C11H11IN2OS. The lowest BCUT2D eigenvalue weighted by molar-refractivity contribution is 0.0859. The van der Waals surface area contributed by atoms with Crippen molar-refractivity contribution in [1.29, 1.82) is 0 Å². The Labute approximate surface area is 112 Å². The van der Waals surface area contributed by atoms with E-state index in [-0.39, 0.29) is 5.91 Å². The highest BCUT2D eigenvalue weighted by Crippen LogP contribution is 2.18. The minimum atomic E-state index is 0.0515. The lowest BCUT2D eigenvalue weighted by Crippen LogP contribution is -2.33. The maximum atomic E-state index is 12.3. The summed E-state index contributed by atoms with van der Waals surface area (Å²) in [6, 6.07) is 7.63. The molecule has 0 aromatic heterocycles. The normalized spacial score (nSPS) is 15.1. The van der Waals surface area contributed by atoms with Crippen molar-refractivity contribution in [2.24, 2.45) is 4.99 Å². The summed E-state index contributed by atoms with van der Waals surface area (Å²) in [4.78, 5) is 18.3. The molecule has 0 bridgehead atoms. The highest BCUT2D eigenvalue weighted by Gasteiger charge is 2.25. The number of benzene rings is 1. The van der Waals surface area contributed by atoms with Gasteiger partial charge in [-0.2, -0.15) is 0 Å². The number of carbonyl (C=O) groups is 1. The van der Waals surface area contributed by atoms with Gasteiger partial charge in [0.05, 0.1) is 12.1 Å². The van der Waals surface area contributed by atoms with Gasteiger partial charge in [0.15, 0.2) is 5.17 Å². The molecule has 1 aromatic carbocycles. The number of nitrogens with zero attached hydrogens (tertiary/aromatic N) is 2. The van der Waals surface area contributed by atoms with Crippen LogP contribution in [0.15, 0.2) is 29.3 Å². The molecule has 1 aliphatic heterocycles. The largest absolute Gasteiger partial charge is 0.286 e. The van der Waals surface area contributed by atoms with Gasteiger partial charge in [0, 0.05) is 10.1 Å². The number of carbonyl (C=O) groups excluding carboxylic acids is 1. The molecule has 0 saturated heterocycles. The fourth-order valence-corrected chi connectivity index (χ4v) is 2.80. The van der Waals surface area contributed by atoms with Gasteiger partial charge in [0.2, 0.25) is 0 Å². The summed E-state index contributed by atoms with van der Waals surface area (Å²) >= 11 is 3.71. The van der Waals surface area contributed by atoms with Crippen molar-refractivity contribution in [3.63, 3.8) is 0 Å². The van der Waals surface area contributed by atoms with Gasteiger partial charge in [0.25, 0.3) is 5.91 Å². The van der Waals surface area contributed by atoms with E-state index in [0.29, 0.717) is 13.1 Å². The number of hydrogen-bond acceptors (Lipinski definition) is 3. The third-order valence-electron chi connectivity index (χ3n) is 2.33. The number of halogens is 1. The van der Waals surface area contributed by atoms with E-state index in [1.807, 2.05) is 30.5 Å². The van der Waals surface area contributed by atoms with Crippen molar-refractivity contribution in [1.82, 2.24) is 4.90 Å². The maximum absolute atomic E-state index is 12.3. The van der Waals surface area contributed by atoms with Gasteiger partial charge in [-0.3, -0.25) is 14.7 Å². The molecule has 1 amide bonds. The van der Waals surface area contributed by atoms with E-state index in [1.54, 1.807) is 4.90 Å². The zero-order valence-electron chi connectivity index (χ0n) is 8.81. The monoisotopic (exact) mass is 346 g/mol. The average Bonchev–Trinajstić information content (AvgIpc) is 2.77. The first kappa shape index (κ1) is 11.9. The van der Waals surface area contributed by atoms with Gasteiger partial charge in [-0.1, -0.05) is 23.9 Å². The molecule has 0 aliphatic carbocycles. The Morgan fingerprint density at radius 3 is 2.94 bits per heavy atom. The molecule has 1 aliphatic rings. The molecule has 84 valence electrons. The van der Waals surface area contributed by atoms with Crippen molar-refractivity contribution in [3.8, 4) is 0 Å². The van der Waals surface area contributed by atoms with Crippen LogP contribution in [0.1, 0.15) is 10.4 Å². The molecule has 0 radical (unpaired) electrons. The highest BCUT2D eigenvalue weighted by molar-refractivity contribution is 14.1. The quantitative estimate of drug-likeness (QED) is 0.732. The molecule has 0 spiro atoms. The van der Waals surface area contributed by atoms with E-state index < -0.39 is 0 Å². The second kappa shape index (κ2) is 5.18. The first-order valence-corrected chi connectivity index (χ1v) is 7.19. The zero-order chi connectivity index (χ0) is 11.5. The lowest BCUT2D eigenvalue weighted by Gasteiger charge is -2.17. The van der Waals surface area contributed by atoms with Gasteiger partial charge in [-0.05, 0) is 41.0 Å². The van der Waals surface area contributed by atoms with Gasteiger partial charge >= 0.3 is 0 Å². The van der Waals surface area contributed by atoms with Crippen LogP contribution in [0.5, 0.6) is 0 Å². The second-order valence-corrected chi connectivity index (χ2v) is 5.24. The van der Waals surface area contributed by atoms with Gasteiger partial charge < -0.3 is 0 Å². The van der Waals surface area contributed by atoms with Crippen molar-refractivity contribution in [2.75, 3.05) is 19.3 Å². The number of amidine groups is 1. The SMILES string of the molecule is CSC1=NCCN1C(=O)c1ccccc1I. The molecule has 5 heteroatoms. The number of rotatable bonds is 1. The Morgan fingerprint density at radius 1 is 1.50 bits per heavy atom. The molecule has 0 unspecified atom stereocenters. The average molecular weight is 346 g/mol. The van der Waals surface area contributed by atoms with E-state index >= 15 is 0 Å². The predicted octanol–water partition coefficient (Wildman–Crippen LogP) is 2.47. The van der Waals surface area contributed by atoms with Crippen LogP contribution in [0.4, 0.5) is 0 Å². The maximum Gasteiger partial charge on any atom is 0.260 e. The fraction of sp³-hybridized carbons (Fsp3) is 0.273. The number of thioether (sulfide) groups is 1. The first-order valence-electron chi connectivity index (χ1n) is 4.89. The van der Waals surface area contributed by atoms with Crippen molar-refractivity contribution in [3.05, 3.63) is 33.4 Å². The summed E-state index contributed by atoms with van der Waals surface area (Å²) in [5.74, 6) is 0.0515. The summed E-state index contributed by atoms with van der Waals surface area (Å²) in [5.41, 5.74) is 0.756. The summed E-state index contributed by atoms with van der Waals surface area (Å²) in [5, 5.41) is 0.824. The smallest absolute Gasteiger partial charge is 0.260 e. The van der Waals surface area contributed by atoms with Crippen LogP contribution in [0.25, 0.3) is 0 Å².